The molecule has 0 saturated heterocycles. The molecule has 42 heavy (non-hydrogen) atoms. The number of aromatic nitrogens is 4. The second-order valence-corrected chi connectivity index (χ2v) is 10.4. The van der Waals surface area contributed by atoms with Crippen molar-refractivity contribution >= 4 is 17.8 Å². The predicted molar refractivity (Wildman–Crippen MR) is 154 cm³/mol. The summed E-state index contributed by atoms with van der Waals surface area (Å²) in [5.74, 6) is 0.141. The molecule has 4 rings (SSSR count). The van der Waals surface area contributed by atoms with Crippen LogP contribution in [-0.4, -0.2) is 58.7 Å². The zero-order valence-corrected chi connectivity index (χ0v) is 24.0. The van der Waals surface area contributed by atoms with Crippen LogP contribution in [0, 0.1) is 11.7 Å². The molecule has 1 fully saturated rings. The molecule has 12 nitrogen and oxygen atoms in total. The van der Waals surface area contributed by atoms with Gasteiger partial charge in [0.05, 0.1) is 32.2 Å². The molecular weight excluding hydrogens is 543 g/mol. The second-order valence-electron chi connectivity index (χ2n) is 10.4. The van der Waals surface area contributed by atoms with E-state index in [2.05, 4.69) is 36.3 Å². The van der Waals surface area contributed by atoms with E-state index in [1.165, 1.54) is 26.7 Å². The number of nitrogens with one attached hydrogen (secondary N) is 3. The van der Waals surface area contributed by atoms with Crippen LogP contribution in [0.5, 0.6) is 11.5 Å². The van der Waals surface area contributed by atoms with Crippen molar-refractivity contribution in [3.63, 3.8) is 0 Å². The number of carbonyl (C=O) groups excluding carboxylic acids is 2. The average molecular weight is 581 g/mol. The highest BCUT2D eigenvalue weighted by molar-refractivity contribution is 5.98. The maximum Gasteiger partial charge on any atom is 0.245 e. The van der Waals surface area contributed by atoms with Crippen LogP contribution in [0.1, 0.15) is 62.6 Å². The van der Waals surface area contributed by atoms with Crippen molar-refractivity contribution in [1.29, 1.82) is 0 Å². The normalized spacial score (nSPS) is 15.5. The van der Waals surface area contributed by atoms with Crippen molar-refractivity contribution in [2.75, 3.05) is 14.2 Å². The first-order chi connectivity index (χ1) is 20.3. The van der Waals surface area contributed by atoms with Gasteiger partial charge in [0.1, 0.15) is 11.9 Å². The van der Waals surface area contributed by atoms with Gasteiger partial charge >= 0.3 is 0 Å². The Morgan fingerprint density at radius 3 is 2.57 bits per heavy atom. The number of nitrogens with zero attached hydrogens (tertiary/aromatic N) is 4. The highest BCUT2D eigenvalue weighted by Gasteiger charge is 2.26. The molecule has 2 atom stereocenters. The Balaban J connectivity index is 1.46. The molecule has 5 N–H and O–H groups in total. The number of ether oxygens (including phenoxy) is 2. The van der Waals surface area contributed by atoms with Crippen LogP contribution in [0.15, 0.2) is 41.4 Å². The van der Waals surface area contributed by atoms with Crippen LogP contribution in [-0.2, 0) is 16.0 Å². The molecule has 1 aliphatic rings. The van der Waals surface area contributed by atoms with Crippen molar-refractivity contribution < 1.29 is 23.5 Å². The topological polar surface area (TPSA) is 169 Å². The first-order valence-electron chi connectivity index (χ1n) is 13.9. The van der Waals surface area contributed by atoms with Crippen LogP contribution in [0.3, 0.4) is 0 Å². The Bertz CT molecular complexity index is 1390. The molecule has 2 amide bonds. The minimum absolute atomic E-state index is 0.0281. The van der Waals surface area contributed by atoms with E-state index in [-0.39, 0.29) is 35.6 Å². The molecule has 0 radical (unpaired) electrons. The van der Waals surface area contributed by atoms with E-state index in [1.807, 2.05) is 0 Å². The summed E-state index contributed by atoms with van der Waals surface area (Å²) in [5, 5.41) is 19.1. The molecule has 13 heteroatoms. The fourth-order valence-corrected chi connectivity index (χ4v) is 5.17. The van der Waals surface area contributed by atoms with Gasteiger partial charge in [0.15, 0.2) is 17.5 Å². The monoisotopic (exact) mass is 580 g/mol. The lowest BCUT2D eigenvalue weighted by atomic mass is 9.84. The summed E-state index contributed by atoms with van der Waals surface area (Å²) in [6.07, 6.45) is 5.92. The first-order valence-corrected chi connectivity index (χ1v) is 13.9. The first kappa shape index (κ1) is 30.4. The Labute approximate surface area is 243 Å². The van der Waals surface area contributed by atoms with Crippen LogP contribution in [0.2, 0.25) is 0 Å². The summed E-state index contributed by atoms with van der Waals surface area (Å²) in [7, 11) is 3.06. The number of aromatic amines is 1. The molecule has 1 saturated carbocycles. The summed E-state index contributed by atoms with van der Waals surface area (Å²) < 4.78 is 25.0. The molecule has 1 aliphatic carbocycles. The number of H-pyrrole nitrogens is 1. The third kappa shape index (κ3) is 8.02. The lowest BCUT2D eigenvalue weighted by Gasteiger charge is -2.25. The SMILES string of the molecule is COc1ccc(CC(=O)NC(N)=NC(CC2CCCCC2)C(=O)NC(C)c2ccc(F)c(-c3nn[nH]n3)c2)cc1OC. The molecule has 0 aliphatic heterocycles. The maximum atomic E-state index is 14.4. The summed E-state index contributed by atoms with van der Waals surface area (Å²) >= 11 is 0. The zero-order valence-electron chi connectivity index (χ0n) is 24.0. The Hall–Kier alpha value is -4.55. The molecule has 2 unspecified atom stereocenters. The number of hydrogen-bond acceptors (Lipinski definition) is 8. The van der Waals surface area contributed by atoms with Crippen LogP contribution in [0.25, 0.3) is 11.4 Å². The highest BCUT2D eigenvalue weighted by Crippen LogP contribution is 2.29. The lowest BCUT2D eigenvalue weighted by Crippen LogP contribution is -2.42. The van der Waals surface area contributed by atoms with Crippen LogP contribution >= 0.6 is 0 Å². The second kappa shape index (κ2) is 14.4. The summed E-state index contributed by atoms with van der Waals surface area (Å²) in [6.45, 7) is 1.79. The van der Waals surface area contributed by atoms with Gasteiger partial charge in [-0.05, 0) is 59.9 Å². The van der Waals surface area contributed by atoms with Gasteiger partial charge in [0.2, 0.25) is 17.6 Å². The zero-order chi connectivity index (χ0) is 30.1. The number of tetrazole rings is 1. The highest BCUT2D eigenvalue weighted by atomic mass is 19.1. The van der Waals surface area contributed by atoms with Crippen molar-refractivity contribution in [3.05, 3.63) is 53.3 Å². The number of hydrogen-bond donors (Lipinski definition) is 4. The predicted octanol–water partition coefficient (Wildman–Crippen LogP) is 3.21. The Kier molecular flexibility index (Phi) is 10.4. The van der Waals surface area contributed by atoms with Gasteiger partial charge < -0.3 is 20.5 Å². The van der Waals surface area contributed by atoms with E-state index in [0.717, 1.165) is 25.7 Å². The number of guanidine groups is 1. The van der Waals surface area contributed by atoms with Gasteiger partial charge in [-0.3, -0.25) is 14.9 Å². The number of methoxy groups -OCH3 is 2. The lowest BCUT2D eigenvalue weighted by molar-refractivity contribution is -0.123. The quantitative estimate of drug-likeness (QED) is 0.198. The number of amides is 2. The molecule has 2 aromatic carbocycles. The number of rotatable bonds is 11. The fourth-order valence-electron chi connectivity index (χ4n) is 5.17. The number of aliphatic imine (C=N–C) groups is 1. The van der Waals surface area contributed by atoms with Crippen LogP contribution < -0.4 is 25.8 Å². The minimum Gasteiger partial charge on any atom is -0.493 e. The van der Waals surface area contributed by atoms with Gasteiger partial charge in [0.25, 0.3) is 0 Å². The van der Waals surface area contributed by atoms with Gasteiger partial charge in [-0.25, -0.2) is 9.38 Å². The molecular formula is C29H37FN8O4. The van der Waals surface area contributed by atoms with Crippen molar-refractivity contribution in [3.8, 4) is 22.9 Å². The molecule has 0 spiro atoms. The number of carbonyl (C=O) groups is 2. The van der Waals surface area contributed by atoms with Gasteiger partial charge in [-0.1, -0.05) is 44.2 Å². The average Bonchev–Trinajstić information content (AvgIpc) is 3.52. The van der Waals surface area contributed by atoms with Crippen molar-refractivity contribution in [1.82, 2.24) is 31.3 Å². The number of halogens is 1. The van der Waals surface area contributed by atoms with E-state index in [4.69, 9.17) is 15.2 Å². The molecule has 3 aromatic rings. The molecule has 224 valence electrons. The third-order valence-electron chi connectivity index (χ3n) is 7.39. The van der Waals surface area contributed by atoms with E-state index >= 15 is 0 Å². The number of benzene rings is 2. The van der Waals surface area contributed by atoms with Crippen molar-refractivity contribution in [2.45, 2.75) is 64.0 Å². The largest absolute Gasteiger partial charge is 0.493 e. The summed E-state index contributed by atoms with van der Waals surface area (Å²) in [4.78, 5) is 30.7. The summed E-state index contributed by atoms with van der Waals surface area (Å²) in [5.41, 5.74) is 7.65. The Morgan fingerprint density at radius 2 is 1.88 bits per heavy atom. The standard InChI is InChI=1S/C29H37FN8O4/c1-17(20-10-11-22(30)21(16-20)27-35-37-38-36-27)32-28(40)23(13-18-7-5-4-6-8-18)33-29(31)34-26(39)15-19-9-12-24(41-2)25(14-19)42-3/h9-12,14,16-18,23H,4-8,13,15H2,1-3H3,(H,32,40)(H3,31,33,34,39)(H,35,36,37,38). The smallest absolute Gasteiger partial charge is 0.245 e. The van der Waals surface area contributed by atoms with E-state index in [9.17, 15) is 14.0 Å². The third-order valence-corrected chi connectivity index (χ3v) is 7.39. The van der Waals surface area contributed by atoms with E-state index < -0.39 is 17.9 Å². The van der Waals surface area contributed by atoms with Gasteiger partial charge in [-0.15, -0.1) is 10.2 Å². The molecule has 1 heterocycles. The van der Waals surface area contributed by atoms with E-state index in [1.54, 1.807) is 37.3 Å². The van der Waals surface area contributed by atoms with Crippen molar-refractivity contribution in [2.24, 2.45) is 16.6 Å². The molecule has 1 aromatic heterocycles. The van der Waals surface area contributed by atoms with Crippen LogP contribution in [0.4, 0.5) is 4.39 Å². The summed E-state index contributed by atoms with van der Waals surface area (Å²) in [6, 6.07) is 8.37. The Morgan fingerprint density at radius 1 is 1.12 bits per heavy atom. The van der Waals surface area contributed by atoms with Gasteiger partial charge in [0, 0.05) is 0 Å². The fraction of sp³-hybridized carbons (Fsp3) is 0.448. The van der Waals surface area contributed by atoms with Gasteiger partial charge in [-0.2, -0.15) is 5.21 Å². The maximum absolute atomic E-state index is 14.4. The molecule has 0 bridgehead atoms. The number of nitrogens with two attached hydrogens (primary N) is 1. The van der Waals surface area contributed by atoms with E-state index in [0.29, 0.717) is 35.0 Å². The minimum atomic E-state index is -0.811.